The number of amides is 2. The quantitative estimate of drug-likeness (QED) is 0.192. The van der Waals surface area contributed by atoms with Gasteiger partial charge < -0.3 is 30.9 Å². The maximum Gasteiger partial charge on any atom is 0.248 e. The van der Waals surface area contributed by atoms with Crippen LogP contribution in [-0.2, 0) is 9.59 Å². The van der Waals surface area contributed by atoms with E-state index in [0.717, 1.165) is 16.8 Å². The summed E-state index contributed by atoms with van der Waals surface area (Å²) in [6, 6.07) is 8.76. The Labute approximate surface area is 253 Å². The van der Waals surface area contributed by atoms with Gasteiger partial charge in [-0.1, -0.05) is 36.4 Å². The van der Waals surface area contributed by atoms with Crippen LogP contribution >= 0.6 is 11.6 Å². The number of aromatic nitrogens is 4. The molecular weight excluding hydrogens is 570 g/mol. The summed E-state index contributed by atoms with van der Waals surface area (Å²) in [6.45, 7) is 7.39. The zero-order chi connectivity index (χ0) is 30.5. The van der Waals surface area contributed by atoms with E-state index in [9.17, 15) is 9.59 Å². The molecule has 12 nitrogen and oxygen atoms in total. The number of fused-ring (bicyclic) bond motifs is 1. The van der Waals surface area contributed by atoms with Crippen LogP contribution in [0.3, 0.4) is 0 Å². The number of hydrogen-bond acceptors (Lipinski definition) is 9. The SMILES string of the molecule is C=C/C=C/C(=O)Nc1cc(Nc2ncc(Cl)c(-c3cnn4ccccc34)n2)c(OC)cc1N1CCN(C(=O)[C@H](C)N)CC1. The Morgan fingerprint density at radius 3 is 2.67 bits per heavy atom. The number of methoxy groups -OCH3 is 1. The number of pyridine rings is 1. The highest BCUT2D eigenvalue weighted by Gasteiger charge is 2.26. The van der Waals surface area contributed by atoms with E-state index in [2.05, 4.69) is 37.2 Å². The number of carbonyl (C=O) groups is 2. The zero-order valence-electron chi connectivity index (χ0n) is 23.8. The van der Waals surface area contributed by atoms with Gasteiger partial charge in [-0.25, -0.2) is 14.5 Å². The maximum absolute atomic E-state index is 12.7. The van der Waals surface area contributed by atoms with Gasteiger partial charge in [0, 0.05) is 50.1 Å². The molecule has 222 valence electrons. The lowest BCUT2D eigenvalue weighted by molar-refractivity contribution is -0.132. The predicted octanol–water partition coefficient (Wildman–Crippen LogP) is 3.87. The Morgan fingerprint density at radius 2 is 1.95 bits per heavy atom. The van der Waals surface area contributed by atoms with Crippen molar-refractivity contribution in [3.8, 4) is 17.0 Å². The first-order chi connectivity index (χ1) is 20.8. The molecule has 1 aliphatic heterocycles. The van der Waals surface area contributed by atoms with Gasteiger partial charge in [0.1, 0.15) is 5.75 Å². The number of anilines is 4. The van der Waals surface area contributed by atoms with Gasteiger partial charge in [-0.3, -0.25) is 9.59 Å². The third kappa shape index (κ3) is 6.45. The summed E-state index contributed by atoms with van der Waals surface area (Å²) in [5.74, 6) is 0.347. The van der Waals surface area contributed by atoms with Crippen molar-refractivity contribution >= 4 is 51.9 Å². The third-order valence-corrected chi connectivity index (χ3v) is 7.23. The number of carbonyl (C=O) groups excluding carboxylic acids is 2. The van der Waals surface area contributed by atoms with E-state index in [1.165, 1.54) is 18.3 Å². The molecule has 0 bridgehead atoms. The summed E-state index contributed by atoms with van der Waals surface area (Å²) >= 11 is 6.52. The normalized spacial score (nSPS) is 14.1. The smallest absolute Gasteiger partial charge is 0.248 e. The standard InChI is InChI=1S/C30H32ClN9O3/c1-4-5-9-27(41)35-22-15-23(26(43-3)16-25(22)38-11-13-39(14-12-38)29(42)19(2)32)36-30-33-18-21(31)28(37-30)20-17-34-40-10-7-6-8-24(20)40/h4-10,15-19H,1,11-14,32H2,2-3H3,(H,35,41)(H,33,36,37)/b9-5+/t19-/m0/s1. The van der Waals surface area contributed by atoms with Crippen molar-refractivity contribution in [2.45, 2.75) is 13.0 Å². The molecule has 4 heterocycles. The van der Waals surface area contributed by atoms with E-state index < -0.39 is 6.04 Å². The molecule has 0 aliphatic carbocycles. The number of benzene rings is 1. The topological polar surface area (TPSA) is 143 Å². The van der Waals surface area contributed by atoms with Gasteiger partial charge in [-0.05, 0) is 25.1 Å². The Kier molecular flexibility index (Phi) is 8.88. The average Bonchev–Trinajstić information content (AvgIpc) is 3.45. The summed E-state index contributed by atoms with van der Waals surface area (Å²) in [5.41, 5.74) is 9.71. The number of nitrogens with two attached hydrogens (primary N) is 1. The second-order valence-electron chi connectivity index (χ2n) is 9.86. The molecule has 13 heteroatoms. The number of nitrogens with zero attached hydrogens (tertiary/aromatic N) is 6. The zero-order valence-corrected chi connectivity index (χ0v) is 24.6. The van der Waals surface area contributed by atoms with Crippen LogP contribution in [0.5, 0.6) is 5.75 Å². The van der Waals surface area contributed by atoms with Crippen LogP contribution < -0.4 is 26.0 Å². The fourth-order valence-electron chi connectivity index (χ4n) is 4.84. The number of hydrogen-bond donors (Lipinski definition) is 3. The van der Waals surface area contributed by atoms with Crippen molar-refractivity contribution in [3.63, 3.8) is 0 Å². The number of rotatable bonds is 9. The Morgan fingerprint density at radius 1 is 1.16 bits per heavy atom. The molecule has 0 unspecified atom stereocenters. The number of piperazine rings is 1. The van der Waals surface area contributed by atoms with Crippen LogP contribution in [0.4, 0.5) is 23.0 Å². The fraction of sp³-hybridized carbons (Fsp3) is 0.233. The molecule has 1 aliphatic rings. The van der Waals surface area contributed by atoms with Gasteiger partial charge in [-0.2, -0.15) is 5.10 Å². The first-order valence-electron chi connectivity index (χ1n) is 13.6. The lowest BCUT2D eigenvalue weighted by Gasteiger charge is -2.37. The molecule has 2 amide bonds. The first kappa shape index (κ1) is 29.5. The highest BCUT2D eigenvalue weighted by atomic mass is 35.5. The molecule has 0 spiro atoms. The Hall–Kier alpha value is -4.94. The molecule has 1 fully saturated rings. The van der Waals surface area contributed by atoms with E-state index in [0.29, 0.717) is 54.0 Å². The lowest BCUT2D eigenvalue weighted by Crippen LogP contribution is -2.52. The minimum Gasteiger partial charge on any atom is -0.494 e. The van der Waals surface area contributed by atoms with Crippen LogP contribution in [-0.4, -0.2) is 75.6 Å². The molecule has 0 saturated carbocycles. The van der Waals surface area contributed by atoms with Crippen molar-refractivity contribution in [2.75, 3.05) is 48.8 Å². The molecule has 0 radical (unpaired) electrons. The van der Waals surface area contributed by atoms with Gasteiger partial charge in [-0.15, -0.1) is 0 Å². The minimum absolute atomic E-state index is 0.0914. The number of halogens is 1. The summed E-state index contributed by atoms with van der Waals surface area (Å²) < 4.78 is 7.48. The third-order valence-electron chi connectivity index (χ3n) is 6.95. The second-order valence-corrected chi connectivity index (χ2v) is 10.3. The van der Waals surface area contributed by atoms with Crippen LogP contribution in [0, 0.1) is 0 Å². The van der Waals surface area contributed by atoms with E-state index in [4.69, 9.17) is 22.1 Å². The van der Waals surface area contributed by atoms with Gasteiger partial charge in [0.05, 0.1) is 58.8 Å². The van der Waals surface area contributed by atoms with E-state index >= 15 is 0 Å². The fourth-order valence-corrected chi connectivity index (χ4v) is 5.03. The van der Waals surface area contributed by atoms with E-state index in [1.807, 2.05) is 30.5 Å². The predicted molar refractivity (Wildman–Crippen MR) is 168 cm³/mol. The minimum atomic E-state index is -0.563. The molecule has 43 heavy (non-hydrogen) atoms. The van der Waals surface area contributed by atoms with Gasteiger partial charge >= 0.3 is 0 Å². The molecule has 4 N–H and O–H groups in total. The number of ether oxygens (including phenoxy) is 1. The van der Waals surface area contributed by atoms with Crippen molar-refractivity contribution < 1.29 is 14.3 Å². The van der Waals surface area contributed by atoms with Crippen LogP contribution in [0.15, 0.2) is 73.7 Å². The van der Waals surface area contributed by atoms with Crippen molar-refractivity contribution in [1.82, 2.24) is 24.5 Å². The Bertz CT molecular complexity index is 1690. The molecule has 1 saturated heterocycles. The second kappa shape index (κ2) is 12.9. The maximum atomic E-state index is 12.7. The van der Waals surface area contributed by atoms with Crippen LogP contribution in [0.25, 0.3) is 16.8 Å². The molecule has 3 aromatic heterocycles. The van der Waals surface area contributed by atoms with E-state index in [-0.39, 0.29) is 17.8 Å². The Balaban J connectivity index is 1.48. The highest BCUT2D eigenvalue weighted by Crippen LogP contribution is 2.39. The summed E-state index contributed by atoms with van der Waals surface area (Å²) in [6.07, 6.45) is 9.53. The lowest BCUT2D eigenvalue weighted by atomic mass is 10.1. The highest BCUT2D eigenvalue weighted by molar-refractivity contribution is 6.33. The van der Waals surface area contributed by atoms with Gasteiger partial charge in [0.2, 0.25) is 17.8 Å². The van der Waals surface area contributed by atoms with Crippen LogP contribution in [0.2, 0.25) is 5.02 Å². The molecule has 1 aromatic carbocycles. The average molecular weight is 602 g/mol. The number of nitrogens with one attached hydrogen (secondary N) is 2. The van der Waals surface area contributed by atoms with E-state index in [1.54, 1.807) is 41.8 Å². The molecule has 1 atom stereocenters. The van der Waals surface area contributed by atoms with Crippen molar-refractivity contribution in [2.24, 2.45) is 5.73 Å². The molecular formula is C30H32ClN9O3. The van der Waals surface area contributed by atoms with Gasteiger partial charge in [0.25, 0.3) is 0 Å². The van der Waals surface area contributed by atoms with Crippen LogP contribution in [0.1, 0.15) is 6.92 Å². The molecule has 5 rings (SSSR count). The summed E-state index contributed by atoms with van der Waals surface area (Å²) in [5, 5.41) is 10.9. The van der Waals surface area contributed by atoms with Gasteiger partial charge in [0.15, 0.2) is 0 Å². The summed E-state index contributed by atoms with van der Waals surface area (Å²) in [4.78, 5) is 38.1. The first-order valence-corrected chi connectivity index (χ1v) is 14.0. The van der Waals surface area contributed by atoms with Crippen molar-refractivity contribution in [3.05, 3.63) is 78.8 Å². The van der Waals surface area contributed by atoms with Crippen molar-refractivity contribution in [1.29, 1.82) is 0 Å². The largest absolute Gasteiger partial charge is 0.494 e. The monoisotopic (exact) mass is 601 g/mol. The number of allylic oxidation sites excluding steroid dienone is 2. The molecule has 4 aromatic rings. The summed E-state index contributed by atoms with van der Waals surface area (Å²) in [7, 11) is 1.56.